The second-order valence-electron chi connectivity index (χ2n) is 6.39. The Morgan fingerprint density at radius 1 is 1.28 bits per heavy atom. The number of piperidine rings is 1. The number of rotatable bonds is 4. The number of nitrogens with zero attached hydrogens (tertiary/aromatic N) is 2. The highest BCUT2D eigenvalue weighted by Gasteiger charge is 2.29. The molecule has 1 saturated heterocycles. The van der Waals surface area contributed by atoms with Crippen LogP contribution in [-0.2, 0) is 14.3 Å². The number of carbonyl (C=O) groups is 2. The number of aromatic nitrogens is 1. The van der Waals surface area contributed by atoms with Crippen molar-refractivity contribution in [2.24, 2.45) is 0 Å². The first kappa shape index (κ1) is 17.2. The number of carbonyl (C=O) groups excluding carboxylic acids is 2. The van der Waals surface area contributed by atoms with Crippen molar-refractivity contribution in [1.29, 1.82) is 0 Å². The zero-order valence-corrected chi connectivity index (χ0v) is 14.5. The monoisotopic (exact) mass is 342 g/mol. The van der Waals surface area contributed by atoms with Crippen LogP contribution in [0.1, 0.15) is 39.0 Å². The van der Waals surface area contributed by atoms with Crippen LogP contribution in [0.3, 0.4) is 0 Å². The molecule has 1 aromatic heterocycles. The average molecular weight is 342 g/mol. The SMILES string of the molecule is C[C@@H]1CCC[C@H](C)N1C(=O)COC(=O)/C=C/c1nc2ccccc2o1. The Balaban J connectivity index is 1.54. The van der Waals surface area contributed by atoms with E-state index in [2.05, 4.69) is 4.98 Å². The summed E-state index contributed by atoms with van der Waals surface area (Å²) in [5, 5.41) is 0. The van der Waals surface area contributed by atoms with E-state index < -0.39 is 5.97 Å². The quantitative estimate of drug-likeness (QED) is 0.630. The summed E-state index contributed by atoms with van der Waals surface area (Å²) in [4.78, 5) is 30.2. The van der Waals surface area contributed by atoms with E-state index in [0.29, 0.717) is 11.5 Å². The van der Waals surface area contributed by atoms with E-state index >= 15 is 0 Å². The van der Waals surface area contributed by atoms with Gasteiger partial charge in [0.1, 0.15) is 5.52 Å². The van der Waals surface area contributed by atoms with Gasteiger partial charge in [-0.1, -0.05) is 12.1 Å². The summed E-state index contributed by atoms with van der Waals surface area (Å²) in [7, 11) is 0. The zero-order chi connectivity index (χ0) is 17.8. The first-order valence-corrected chi connectivity index (χ1v) is 8.56. The molecule has 132 valence electrons. The number of amides is 1. The Morgan fingerprint density at radius 3 is 2.72 bits per heavy atom. The van der Waals surface area contributed by atoms with Crippen molar-refractivity contribution >= 4 is 29.1 Å². The largest absolute Gasteiger partial charge is 0.452 e. The highest BCUT2D eigenvalue weighted by molar-refractivity contribution is 5.89. The summed E-state index contributed by atoms with van der Waals surface area (Å²) < 4.78 is 10.5. The topological polar surface area (TPSA) is 72.6 Å². The maximum Gasteiger partial charge on any atom is 0.331 e. The van der Waals surface area contributed by atoms with Gasteiger partial charge >= 0.3 is 5.97 Å². The number of oxazole rings is 1. The molecule has 2 aromatic rings. The molecular formula is C19H22N2O4. The summed E-state index contributed by atoms with van der Waals surface area (Å²) in [5.74, 6) is -0.418. The van der Waals surface area contributed by atoms with Gasteiger partial charge in [0.2, 0.25) is 5.89 Å². The van der Waals surface area contributed by atoms with Crippen LogP contribution >= 0.6 is 0 Å². The highest BCUT2D eigenvalue weighted by atomic mass is 16.5. The van der Waals surface area contributed by atoms with Crippen molar-refractivity contribution in [3.8, 4) is 0 Å². The van der Waals surface area contributed by atoms with E-state index in [9.17, 15) is 9.59 Å². The van der Waals surface area contributed by atoms with Crippen LogP contribution in [0.5, 0.6) is 0 Å². The molecule has 6 heteroatoms. The molecule has 1 aliphatic rings. The summed E-state index contributed by atoms with van der Waals surface area (Å²) in [6.45, 7) is 3.82. The van der Waals surface area contributed by atoms with Gasteiger partial charge in [-0.2, -0.15) is 0 Å². The van der Waals surface area contributed by atoms with Crippen LogP contribution in [0.25, 0.3) is 17.2 Å². The van der Waals surface area contributed by atoms with Gasteiger partial charge in [-0.05, 0) is 45.2 Å². The van der Waals surface area contributed by atoms with Crippen LogP contribution in [0, 0.1) is 0 Å². The molecule has 0 unspecified atom stereocenters. The molecule has 1 aliphatic heterocycles. The first-order valence-electron chi connectivity index (χ1n) is 8.56. The van der Waals surface area contributed by atoms with E-state index in [1.54, 1.807) is 6.07 Å². The number of fused-ring (bicyclic) bond motifs is 1. The second kappa shape index (κ2) is 7.51. The number of para-hydroxylation sites is 2. The average Bonchev–Trinajstić information content (AvgIpc) is 3.01. The molecule has 2 atom stereocenters. The van der Waals surface area contributed by atoms with Crippen LogP contribution in [-0.4, -0.2) is 40.5 Å². The number of esters is 1. The Kier molecular flexibility index (Phi) is 5.16. The number of hydrogen-bond acceptors (Lipinski definition) is 5. The Morgan fingerprint density at radius 2 is 2.00 bits per heavy atom. The van der Waals surface area contributed by atoms with E-state index in [0.717, 1.165) is 24.8 Å². The minimum absolute atomic E-state index is 0.150. The lowest BCUT2D eigenvalue weighted by atomic mass is 9.97. The fourth-order valence-electron chi connectivity index (χ4n) is 3.27. The molecule has 0 radical (unpaired) electrons. The minimum atomic E-state index is -0.590. The van der Waals surface area contributed by atoms with Gasteiger partial charge in [-0.25, -0.2) is 9.78 Å². The molecule has 0 bridgehead atoms. The highest BCUT2D eigenvalue weighted by Crippen LogP contribution is 2.22. The van der Waals surface area contributed by atoms with E-state index in [-0.39, 0.29) is 24.6 Å². The standard InChI is InChI=1S/C19H22N2O4/c1-13-6-5-7-14(2)21(13)18(22)12-24-19(23)11-10-17-20-15-8-3-4-9-16(15)25-17/h3-4,8-11,13-14H,5-7,12H2,1-2H3/b11-10+/t13-,14+. The molecule has 25 heavy (non-hydrogen) atoms. The molecule has 0 aliphatic carbocycles. The van der Waals surface area contributed by atoms with Gasteiger partial charge in [0.25, 0.3) is 5.91 Å². The molecule has 2 heterocycles. The normalized spacial score (nSPS) is 21.0. The van der Waals surface area contributed by atoms with Crippen molar-refractivity contribution in [2.75, 3.05) is 6.61 Å². The van der Waals surface area contributed by atoms with E-state index in [1.807, 2.05) is 36.9 Å². The van der Waals surface area contributed by atoms with Gasteiger partial charge in [0, 0.05) is 24.2 Å². The number of benzene rings is 1. The summed E-state index contributed by atoms with van der Waals surface area (Å²) in [6.07, 6.45) is 5.77. The third-order valence-corrected chi connectivity index (χ3v) is 4.49. The molecule has 0 N–H and O–H groups in total. The molecule has 0 saturated carbocycles. The van der Waals surface area contributed by atoms with Gasteiger partial charge in [-0.3, -0.25) is 4.79 Å². The lowest BCUT2D eigenvalue weighted by Gasteiger charge is -2.38. The summed E-state index contributed by atoms with van der Waals surface area (Å²) >= 11 is 0. The Labute approximate surface area is 146 Å². The lowest BCUT2D eigenvalue weighted by molar-refractivity contribution is -0.151. The number of ether oxygens (including phenoxy) is 1. The van der Waals surface area contributed by atoms with Gasteiger partial charge in [-0.15, -0.1) is 0 Å². The molecule has 0 spiro atoms. The third-order valence-electron chi connectivity index (χ3n) is 4.49. The lowest BCUT2D eigenvalue weighted by Crippen LogP contribution is -2.49. The number of likely N-dealkylation sites (tertiary alicyclic amines) is 1. The second-order valence-corrected chi connectivity index (χ2v) is 6.39. The van der Waals surface area contributed by atoms with Crippen LogP contribution in [0.2, 0.25) is 0 Å². The Bertz CT molecular complexity index is 753. The van der Waals surface area contributed by atoms with Crippen molar-refractivity contribution in [2.45, 2.75) is 45.2 Å². The van der Waals surface area contributed by atoms with Gasteiger partial charge < -0.3 is 14.1 Å². The fraction of sp³-hybridized carbons (Fsp3) is 0.421. The molecule has 1 fully saturated rings. The molecule has 1 amide bonds. The minimum Gasteiger partial charge on any atom is -0.452 e. The van der Waals surface area contributed by atoms with Gasteiger partial charge in [0.05, 0.1) is 0 Å². The zero-order valence-electron chi connectivity index (χ0n) is 14.5. The molecule has 6 nitrogen and oxygen atoms in total. The van der Waals surface area contributed by atoms with Crippen LogP contribution in [0.4, 0.5) is 0 Å². The third kappa shape index (κ3) is 4.07. The maximum atomic E-state index is 12.3. The molecule has 1 aromatic carbocycles. The molecule has 3 rings (SSSR count). The Hall–Kier alpha value is -2.63. The summed E-state index contributed by atoms with van der Waals surface area (Å²) in [5.41, 5.74) is 1.37. The van der Waals surface area contributed by atoms with Crippen LogP contribution < -0.4 is 0 Å². The summed E-state index contributed by atoms with van der Waals surface area (Å²) in [6, 6.07) is 7.71. The van der Waals surface area contributed by atoms with Crippen molar-refractivity contribution < 1.29 is 18.7 Å². The van der Waals surface area contributed by atoms with Crippen molar-refractivity contribution in [1.82, 2.24) is 9.88 Å². The van der Waals surface area contributed by atoms with Gasteiger partial charge in [0.15, 0.2) is 12.2 Å². The predicted octanol–water partition coefficient (Wildman–Crippen LogP) is 3.17. The van der Waals surface area contributed by atoms with Crippen molar-refractivity contribution in [3.63, 3.8) is 0 Å². The van der Waals surface area contributed by atoms with E-state index in [1.165, 1.54) is 12.2 Å². The predicted molar refractivity (Wildman–Crippen MR) is 93.6 cm³/mol. The van der Waals surface area contributed by atoms with Crippen molar-refractivity contribution in [3.05, 3.63) is 36.2 Å². The maximum absolute atomic E-state index is 12.3. The van der Waals surface area contributed by atoms with E-state index in [4.69, 9.17) is 9.15 Å². The molecular weight excluding hydrogens is 320 g/mol. The fourth-order valence-corrected chi connectivity index (χ4v) is 3.27. The first-order chi connectivity index (χ1) is 12.0. The number of hydrogen-bond donors (Lipinski definition) is 0. The smallest absolute Gasteiger partial charge is 0.331 e. The van der Waals surface area contributed by atoms with Crippen LogP contribution in [0.15, 0.2) is 34.8 Å².